The summed E-state index contributed by atoms with van der Waals surface area (Å²) in [6, 6.07) is 7.86. The Balaban J connectivity index is 2.30. The minimum Gasteiger partial charge on any atom is -0.497 e. The van der Waals surface area contributed by atoms with Crippen molar-refractivity contribution < 1.29 is 9.53 Å². The molecule has 0 bridgehead atoms. The summed E-state index contributed by atoms with van der Waals surface area (Å²) in [6.07, 6.45) is 1.51. The molecule has 1 unspecified atom stereocenters. The van der Waals surface area contributed by atoms with Crippen LogP contribution in [0.4, 0.5) is 0 Å². The van der Waals surface area contributed by atoms with Gasteiger partial charge in [-0.25, -0.2) is 0 Å². The lowest BCUT2D eigenvalue weighted by molar-refractivity contribution is -0.114. The van der Waals surface area contributed by atoms with Crippen LogP contribution in [0, 0.1) is 0 Å². The van der Waals surface area contributed by atoms with E-state index in [1.165, 1.54) is 0 Å². The fourth-order valence-electron chi connectivity index (χ4n) is 2.03. The number of Topliss-reactive ketones (excluding diaryl/α,β-unsaturated/α-hetero) is 1. The molecule has 0 saturated heterocycles. The predicted octanol–water partition coefficient (Wildman–Crippen LogP) is 2.70. The molecule has 0 radical (unpaired) electrons. The largest absolute Gasteiger partial charge is 0.497 e. The first-order valence-electron chi connectivity index (χ1n) is 5.08. The molecule has 2 rings (SSSR count). The van der Waals surface area contributed by atoms with Crippen LogP contribution in [0.25, 0.3) is 0 Å². The van der Waals surface area contributed by atoms with Crippen LogP contribution in [0.5, 0.6) is 5.75 Å². The lowest BCUT2D eigenvalue weighted by Crippen LogP contribution is -1.98. The van der Waals surface area contributed by atoms with Crippen LogP contribution in [-0.2, 0) is 4.79 Å². The van der Waals surface area contributed by atoms with Gasteiger partial charge in [0, 0.05) is 12.3 Å². The molecule has 2 nitrogen and oxygen atoms in total. The van der Waals surface area contributed by atoms with Gasteiger partial charge in [-0.1, -0.05) is 18.7 Å². The lowest BCUT2D eigenvalue weighted by Gasteiger charge is -2.11. The zero-order chi connectivity index (χ0) is 10.8. The van der Waals surface area contributed by atoms with E-state index >= 15 is 0 Å². The van der Waals surface area contributed by atoms with Crippen molar-refractivity contribution in [3.63, 3.8) is 0 Å². The Morgan fingerprint density at radius 3 is 2.87 bits per heavy atom. The smallest absolute Gasteiger partial charge is 0.158 e. The maximum atomic E-state index is 11.4. The van der Waals surface area contributed by atoms with E-state index in [1.54, 1.807) is 7.11 Å². The van der Waals surface area contributed by atoms with Crippen LogP contribution in [0.3, 0.4) is 0 Å². The van der Waals surface area contributed by atoms with Crippen LogP contribution >= 0.6 is 0 Å². The molecule has 1 atom stereocenters. The van der Waals surface area contributed by atoms with Crippen molar-refractivity contribution in [2.24, 2.45) is 0 Å². The lowest BCUT2D eigenvalue weighted by atomic mass is 9.94. The molecule has 1 aliphatic rings. The molecule has 0 spiro atoms. The third kappa shape index (κ3) is 1.80. The number of ketones is 1. The fourth-order valence-corrected chi connectivity index (χ4v) is 2.03. The van der Waals surface area contributed by atoms with E-state index in [4.69, 9.17) is 4.74 Å². The molecule has 2 heteroatoms. The number of allylic oxidation sites excluding steroid dienone is 1. The Hall–Kier alpha value is -1.57. The first-order chi connectivity index (χ1) is 7.22. The molecule has 1 aromatic carbocycles. The first kappa shape index (κ1) is 9.97. The predicted molar refractivity (Wildman–Crippen MR) is 59.1 cm³/mol. The van der Waals surface area contributed by atoms with Crippen LogP contribution in [-0.4, -0.2) is 12.9 Å². The average molecular weight is 202 g/mol. The van der Waals surface area contributed by atoms with Crippen LogP contribution in [0.1, 0.15) is 24.3 Å². The van der Waals surface area contributed by atoms with Crippen molar-refractivity contribution in [3.8, 4) is 5.75 Å². The summed E-state index contributed by atoms with van der Waals surface area (Å²) in [5.74, 6) is 1.22. The van der Waals surface area contributed by atoms with E-state index < -0.39 is 0 Å². The maximum Gasteiger partial charge on any atom is 0.158 e. The number of ether oxygens (including phenoxy) is 1. The minimum absolute atomic E-state index is 0.188. The second-order valence-electron chi connectivity index (χ2n) is 3.82. The minimum atomic E-state index is 0.188. The fraction of sp³-hybridized carbons (Fsp3) is 0.308. The van der Waals surface area contributed by atoms with Gasteiger partial charge in [0.25, 0.3) is 0 Å². The van der Waals surface area contributed by atoms with Crippen molar-refractivity contribution in [1.29, 1.82) is 0 Å². The van der Waals surface area contributed by atoms with Gasteiger partial charge >= 0.3 is 0 Å². The molecule has 0 heterocycles. The SMILES string of the molecule is C=C1C(=O)CCC1c1cccc(OC)c1. The van der Waals surface area contributed by atoms with E-state index in [0.717, 1.165) is 23.3 Å². The van der Waals surface area contributed by atoms with Crippen molar-refractivity contribution in [2.75, 3.05) is 7.11 Å². The molecule has 1 fully saturated rings. The summed E-state index contributed by atoms with van der Waals surface area (Å²) in [5.41, 5.74) is 1.87. The van der Waals surface area contributed by atoms with Crippen molar-refractivity contribution in [2.45, 2.75) is 18.8 Å². The molecule has 1 aromatic rings. The second kappa shape index (κ2) is 3.89. The number of carbonyl (C=O) groups is 1. The molecule has 0 aromatic heterocycles. The van der Waals surface area contributed by atoms with E-state index in [2.05, 4.69) is 6.58 Å². The second-order valence-corrected chi connectivity index (χ2v) is 3.82. The third-order valence-electron chi connectivity index (χ3n) is 2.94. The summed E-state index contributed by atoms with van der Waals surface area (Å²) in [5, 5.41) is 0. The number of benzene rings is 1. The summed E-state index contributed by atoms with van der Waals surface area (Å²) in [6.45, 7) is 3.86. The Bertz CT molecular complexity index is 407. The zero-order valence-electron chi connectivity index (χ0n) is 8.82. The molecule has 0 aliphatic heterocycles. The highest BCUT2D eigenvalue weighted by atomic mass is 16.5. The number of methoxy groups -OCH3 is 1. The first-order valence-corrected chi connectivity index (χ1v) is 5.08. The van der Waals surface area contributed by atoms with E-state index in [0.29, 0.717) is 6.42 Å². The zero-order valence-corrected chi connectivity index (χ0v) is 8.82. The summed E-state index contributed by atoms with van der Waals surface area (Å²) >= 11 is 0. The van der Waals surface area contributed by atoms with Crippen LogP contribution < -0.4 is 4.74 Å². The molecule has 15 heavy (non-hydrogen) atoms. The van der Waals surface area contributed by atoms with Gasteiger partial charge in [0.05, 0.1) is 7.11 Å². The normalized spacial score (nSPS) is 20.7. The average Bonchev–Trinajstić information content (AvgIpc) is 2.60. The summed E-state index contributed by atoms with van der Waals surface area (Å²) in [7, 11) is 1.65. The Kier molecular flexibility index (Phi) is 2.58. The van der Waals surface area contributed by atoms with E-state index in [1.807, 2.05) is 24.3 Å². The number of hydrogen-bond acceptors (Lipinski definition) is 2. The van der Waals surface area contributed by atoms with Gasteiger partial charge in [0.1, 0.15) is 5.75 Å². The van der Waals surface area contributed by atoms with Gasteiger partial charge < -0.3 is 4.74 Å². The monoisotopic (exact) mass is 202 g/mol. The van der Waals surface area contributed by atoms with Gasteiger partial charge in [0.2, 0.25) is 0 Å². The maximum absolute atomic E-state index is 11.4. The Morgan fingerprint density at radius 1 is 1.47 bits per heavy atom. The van der Waals surface area contributed by atoms with Crippen LogP contribution in [0.15, 0.2) is 36.4 Å². The molecule has 0 amide bonds. The topological polar surface area (TPSA) is 26.3 Å². The summed E-state index contributed by atoms with van der Waals surface area (Å²) < 4.78 is 5.16. The van der Waals surface area contributed by atoms with Crippen LogP contribution in [0.2, 0.25) is 0 Å². The molecule has 78 valence electrons. The molecular weight excluding hydrogens is 188 g/mol. The molecule has 1 aliphatic carbocycles. The molecule has 1 saturated carbocycles. The highest BCUT2D eigenvalue weighted by Crippen LogP contribution is 2.36. The van der Waals surface area contributed by atoms with E-state index in [9.17, 15) is 4.79 Å². The van der Waals surface area contributed by atoms with Gasteiger partial charge in [-0.05, 0) is 29.7 Å². The van der Waals surface area contributed by atoms with Crippen molar-refractivity contribution in [3.05, 3.63) is 42.0 Å². The van der Waals surface area contributed by atoms with Gasteiger partial charge in [0.15, 0.2) is 5.78 Å². The van der Waals surface area contributed by atoms with Crippen molar-refractivity contribution >= 4 is 5.78 Å². The summed E-state index contributed by atoms with van der Waals surface area (Å²) in [4.78, 5) is 11.4. The van der Waals surface area contributed by atoms with E-state index in [-0.39, 0.29) is 11.7 Å². The highest BCUT2D eigenvalue weighted by Gasteiger charge is 2.27. The Morgan fingerprint density at radius 2 is 2.27 bits per heavy atom. The number of hydrogen-bond donors (Lipinski definition) is 0. The number of carbonyl (C=O) groups excluding carboxylic acids is 1. The quantitative estimate of drug-likeness (QED) is 0.689. The van der Waals surface area contributed by atoms with Gasteiger partial charge in [-0.3, -0.25) is 4.79 Å². The highest BCUT2D eigenvalue weighted by molar-refractivity contribution is 5.98. The molecular formula is C13H14O2. The Labute approximate surface area is 89.6 Å². The van der Waals surface area contributed by atoms with Crippen molar-refractivity contribution in [1.82, 2.24) is 0 Å². The van der Waals surface area contributed by atoms with Gasteiger partial charge in [-0.15, -0.1) is 0 Å². The standard InChI is InChI=1S/C13H14O2/c1-9-12(6-7-13(9)14)10-4-3-5-11(8-10)15-2/h3-5,8,12H,1,6-7H2,2H3. The molecule has 0 N–H and O–H groups in total. The third-order valence-corrected chi connectivity index (χ3v) is 2.94. The van der Waals surface area contributed by atoms with Gasteiger partial charge in [-0.2, -0.15) is 0 Å². The number of rotatable bonds is 2.